The zero-order chi connectivity index (χ0) is 96.0. The van der Waals surface area contributed by atoms with E-state index in [0.29, 0.717) is 17.6 Å². The van der Waals surface area contributed by atoms with Crippen molar-refractivity contribution in [1.29, 1.82) is 0 Å². The highest BCUT2D eigenvalue weighted by atomic mass is 16.8. The minimum atomic E-state index is -2.61. The zero-order valence-corrected chi connectivity index (χ0v) is 74.9. The summed E-state index contributed by atoms with van der Waals surface area (Å²) in [7, 11) is 4.11. The molecule has 20 N–H and O–H groups in total. The van der Waals surface area contributed by atoms with Crippen molar-refractivity contribution < 1.29 is 216 Å². The second-order valence-electron chi connectivity index (χ2n) is 39.2. The third kappa shape index (κ3) is 19.3. The fourth-order valence-electron chi connectivity index (χ4n) is 22.8. The molecule has 7 aliphatic heterocycles. The summed E-state index contributed by atoms with van der Waals surface area (Å²) < 4.78 is 116. The summed E-state index contributed by atoms with van der Waals surface area (Å²) in [5.41, 5.74) is -11.0. The first-order valence-electron chi connectivity index (χ1n) is 44.3. The Morgan fingerprint density at radius 1 is 0.542 bits per heavy atom. The average molecular weight is 1880 g/mol. The van der Waals surface area contributed by atoms with Crippen LogP contribution < -0.4 is 14.2 Å². The number of carboxylic acid groups (broad SMARTS) is 2. The maximum Gasteiger partial charge on any atom is 0.331 e. The second kappa shape index (κ2) is 39.6. The van der Waals surface area contributed by atoms with Gasteiger partial charge in [-0.25, -0.2) is 4.79 Å². The van der Waals surface area contributed by atoms with Crippen LogP contribution in [0.1, 0.15) is 139 Å². The number of aliphatic hydroxyl groups is 18. The molecule has 0 radical (unpaired) electrons. The molecule has 7 saturated heterocycles. The molecule has 42 atom stereocenters. The molecular formula is C87H130O44. The highest BCUT2D eigenvalue weighted by Crippen LogP contribution is 2.76. The second-order valence-corrected chi connectivity index (χ2v) is 39.2. The van der Waals surface area contributed by atoms with Gasteiger partial charge in [0.15, 0.2) is 67.0 Å². The van der Waals surface area contributed by atoms with Gasteiger partial charge in [-0.05, 0) is 150 Å². The van der Waals surface area contributed by atoms with Gasteiger partial charge in [-0.3, -0.25) is 19.2 Å². The van der Waals surface area contributed by atoms with Gasteiger partial charge in [0.1, 0.15) is 123 Å². The number of hydrogen-bond acceptors (Lipinski definition) is 42. The molecule has 11 fully saturated rings. The fourth-order valence-corrected chi connectivity index (χ4v) is 22.8. The zero-order valence-electron chi connectivity index (χ0n) is 74.9. The van der Waals surface area contributed by atoms with Gasteiger partial charge in [0.25, 0.3) is 0 Å². The van der Waals surface area contributed by atoms with Crippen molar-refractivity contribution in [2.75, 3.05) is 61.0 Å². The standard InChI is InChI=1S/C87H130O44/c1-35-52(97)55(100)58(103)73(120-35)128-67-63(124-50(95)16-13-38-23-44(113-10)65(115-12)45(24-38)114-11)37(3)122-76(68(67)129-75-61(106)66(127-77-69(107)87(112,34-119-77)33-118-51(96)28-81(6,111)27-49(93)94)62(36(2)121-75)125-72-60(105)64(43(92)31-117-72)126-71-57(102)53(98)42(91)30-116-71)131-79(110)85-20-19-80(4,5)25-40(85)39-14-15-47-82(7)26-41(90)70(130-74-59(104)56(101)54(99)46(29-88)123-74)84(9,78(108)109)48(82)17-18-83(47,8)86(39,32-89)22-21-85/h13-14,16,23-24,35-37,40-43,46-48,52-64,66-77,88-92,97-107,111-112H,15,17-22,25-34H2,1-12H3,(H,93,94)(H,108,109)/t35-,36-,37+,40-,41-,42+,43+,46+,47+,48+,52-,53+,54+,55+,56-,57-,58+,59+,60+,61+,62-,63-,64-,66-,67-,68+,69-,70-,71+,72-,73+,74-,75-,76-,77-,81-,82+,83+,84-,85-,86-,87+/m0/s1. The number of carbonyl (C=O) groups is 5. The predicted molar refractivity (Wildman–Crippen MR) is 434 cm³/mol. The summed E-state index contributed by atoms with van der Waals surface area (Å²) in [4.78, 5) is 70.5. The van der Waals surface area contributed by atoms with Crippen molar-refractivity contribution in [3.05, 3.63) is 35.4 Å². The highest BCUT2D eigenvalue weighted by molar-refractivity contribution is 5.87. The van der Waals surface area contributed by atoms with E-state index >= 15 is 4.79 Å². The Kier molecular flexibility index (Phi) is 31.0. The van der Waals surface area contributed by atoms with Crippen molar-refractivity contribution in [3.8, 4) is 17.2 Å². The van der Waals surface area contributed by atoms with Gasteiger partial charge < -0.3 is 192 Å². The molecule has 1 aromatic rings. The Bertz CT molecular complexity index is 4200. The maximum atomic E-state index is 16.8. The summed E-state index contributed by atoms with van der Waals surface area (Å²) in [6, 6.07) is 3.01. The highest BCUT2D eigenvalue weighted by Gasteiger charge is 2.75. The lowest BCUT2D eigenvalue weighted by molar-refractivity contribution is -0.398. The van der Waals surface area contributed by atoms with E-state index < -0.39 is 340 Å². The molecule has 0 bridgehead atoms. The quantitative estimate of drug-likeness (QED) is 0.0119. The first-order chi connectivity index (χ1) is 61.5. The summed E-state index contributed by atoms with van der Waals surface area (Å²) in [6.45, 7) is 9.88. The number of methoxy groups -OCH3 is 3. The largest absolute Gasteiger partial charge is 0.493 e. The Morgan fingerprint density at radius 2 is 1.11 bits per heavy atom. The van der Waals surface area contributed by atoms with Crippen LogP contribution in [-0.4, -0.2) is 401 Å². The predicted octanol–water partition coefficient (Wildman–Crippen LogP) is -4.10. The molecule has 5 aliphatic carbocycles. The number of allylic oxidation sites excluding steroid dienone is 1. The Labute approximate surface area is 753 Å². The van der Waals surface area contributed by atoms with E-state index in [1.54, 1.807) is 0 Å². The molecule has 0 amide bonds. The normalized spacial score (nSPS) is 46.8. The van der Waals surface area contributed by atoms with Crippen molar-refractivity contribution in [1.82, 2.24) is 0 Å². The van der Waals surface area contributed by atoms with Crippen molar-refractivity contribution in [3.63, 3.8) is 0 Å². The van der Waals surface area contributed by atoms with Crippen LogP contribution in [0.3, 0.4) is 0 Å². The minimum Gasteiger partial charge on any atom is -0.493 e. The van der Waals surface area contributed by atoms with E-state index in [1.807, 2.05) is 33.8 Å². The van der Waals surface area contributed by atoms with Crippen molar-refractivity contribution in [2.45, 2.75) is 341 Å². The van der Waals surface area contributed by atoms with E-state index in [9.17, 15) is 121 Å². The number of benzene rings is 1. The molecule has 0 spiro atoms. The molecule has 7 heterocycles. The topological polar surface area (TPSA) is 665 Å². The third-order valence-electron chi connectivity index (χ3n) is 30.2. The van der Waals surface area contributed by atoms with Gasteiger partial charge >= 0.3 is 29.8 Å². The van der Waals surface area contributed by atoms with Crippen LogP contribution in [0, 0.1) is 50.2 Å². The number of carboxylic acids is 2. The number of aliphatic hydroxyl groups excluding tert-OH is 16. The van der Waals surface area contributed by atoms with E-state index in [4.69, 9.17) is 90.0 Å². The van der Waals surface area contributed by atoms with E-state index in [1.165, 1.54) is 67.2 Å². The van der Waals surface area contributed by atoms with E-state index in [2.05, 4.69) is 0 Å². The lowest BCUT2D eigenvalue weighted by Crippen LogP contribution is -2.71. The van der Waals surface area contributed by atoms with Gasteiger partial charge in [-0.2, -0.15) is 0 Å². The number of esters is 3. The first-order valence-corrected chi connectivity index (χ1v) is 44.3. The molecular weight excluding hydrogens is 1750 g/mol. The molecule has 4 saturated carbocycles. The van der Waals surface area contributed by atoms with Crippen LogP contribution in [-0.2, 0) is 99.8 Å². The molecule has 44 nitrogen and oxygen atoms in total. The first kappa shape index (κ1) is 103. The monoisotopic (exact) mass is 1880 g/mol. The van der Waals surface area contributed by atoms with E-state index in [0.717, 1.165) is 13.0 Å². The molecule has 0 aromatic heterocycles. The number of carbonyl (C=O) groups excluding carboxylic acids is 3. The van der Waals surface area contributed by atoms with Gasteiger partial charge in [0.05, 0.1) is 108 Å². The van der Waals surface area contributed by atoms with Crippen LogP contribution in [0.2, 0.25) is 0 Å². The fraction of sp³-hybridized carbons (Fsp3) is 0.828. The van der Waals surface area contributed by atoms with Crippen LogP contribution in [0.5, 0.6) is 17.2 Å². The molecule has 13 rings (SSSR count). The van der Waals surface area contributed by atoms with Crippen LogP contribution in [0.4, 0.5) is 0 Å². The summed E-state index contributed by atoms with van der Waals surface area (Å²) in [5, 5.41) is 226. The van der Waals surface area contributed by atoms with Gasteiger partial charge in [0.2, 0.25) is 12.0 Å². The summed E-state index contributed by atoms with van der Waals surface area (Å²) in [5.74, 6) is -7.67. The van der Waals surface area contributed by atoms with Gasteiger partial charge in [-0.1, -0.05) is 39.3 Å². The van der Waals surface area contributed by atoms with Crippen LogP contribution in [0.15, 0.2) is 29.9 Å². The lowest BCUT2D eigenvalue weighted by atomic mass is 9.33. The number of aliphatic carboxylic acids is 2. The van der Waals surface area contributed by atoms with Crippen LogP contribution in [0.25, 0.3) is 6.08 Å². The van der Waals surface area contributed by atoms with Crippen LogP contribution >= 0.6 is 0 Å². The Hall–Kier alpha value is -5.79. The van der Waals surface area contributed by atoms with Gasteiger partial charge in [0, 0.05) is 11.5 Å². The van der Waals surface area contributed by atoms with Crippen molar-refractivity contribution in [2.24, 2.45) is 50.2 Å². The molecule has 742 valence electrons. The molecule has 12 aliphatic rings. The summed E-state index contributed by atoms with van der Waals surface area (Å²) >= 11 is 0. The molecule has 44 heteroatoms. The summed E-state index contributed by atoms with van der Waals surface area (Å²) in [6.07, 6.45) is -56.8. The SMILES string of the molecule is COc1cc(C=CC(=O)O[C@@H]2[C@H](O[C@H]3O[C@@H](C)[C@H](O)[C@@H](O)[C@H]3O)[C@@H](O[C@@H]3O[C@@H](C)[C@H](O[C@@H]4OC[C@@H](O)[C@H](O[C@H]5OC[C@@H](O)[C@@H](O)[C@@H]5O)[C@H]4O)[C@@H](O[C@@H]4OC[C@](O)(COC(=O)C[C@@](C)(O)CC(=O)O)[C@H]4O)[C@H]3O)[C@H](OC(=O)[C@]34CCC(C)(C)C[C@H]3C3=CC[C@@H]5[C@@]6(C)C[C@H](O)[C@H](O[C@@H]7O[C@H](CO)[C@@H](O)[C@H](O)[C@H]7O)[C@@](C)(C(=O)O)[C@@H]6CC[C@@]5(C)[C@]3(CO)CC4)O[C@@H]2C)cc(OC)c1OC. The molecule has 0 unspecified atom stereocenters. The number of rotatable bonds is 29. The number of ether oxygens (including phenoxy) is 19. The lowest BCUT2D eigenvalue weighted by Gasteiger charge is -2.71. The molecule has 1 aromatic carbocycles. The van der Waals surface area contributed by atoms with Crippen molar-refractivity contribution >= 4 is 35.9 Å². The smallest absolute Gasteiger partial charge is 0.331 e. The third-order valence-corrected chi connectivity index (χ3v) is 30.2. The van der Waals surface area contributed by atoms with E-state index in [-0.39, 0.29) is 68.6 Å². The molecule has 131 heavy (non-hydrogen) atoms. The average Bonchev–Trinajstić information content (AvgIpc) is 0.899. The number of hydrogen-bond donors (Lipinski definition) is 20. The maximum absolute atomic E-state index is 16.8. The number of fused-ring (bicyclic) bond motifs is 7. The minimum absolute atomic E-state index is 0.0113. The van der Waals surface area contributed by atoms with Gasteiger partial charge in [-0.15, -0.1) is 0 Å². The Balaban J connectivity index is 0.877. The Morgan fingerprint density at radius 3 is 1.74 bits per heavy atom.